The Labute approximate surface area is 86.0 Å². The molecular formula is C7H3BrClF2NO. The van der Waals surface area contributed by atoms with E-state index in [1.54, 1.807) is 0 Å². The van der Waals surface area contributed by atoms with Gasteiger partial charge in [-0.25, -0.2) is 13.8 Å². The van der Waals surface area contributed by atoms with Crippen molar-refractivity contribution in [2.24, 2.45) is 0 Å². The highest BCUT2D eigenvalue weighted by atomic mass is 79.9. The van der Waals surface area contributed by atoms with Crippen LogP contribution in [0.3, 0.4) is 0 Å². The van der Waals surface area contributed by atoms with Crippen LogP contribution in [0.2, 0.25) is 0 Å². The zero-order valence-electron chi connectivity index (χ0n) is 6.10. The van der Waals surface area contributed by atoms with Crippen LogP contribution in [0.4, 0.5) is 8.78 Å². The molecule has 1 aromatic rings. The number of carbonyl (C=O) groups is 1. The van der Waals surface area contributed by atoms with Gasteiger partial charge in [0.15, 0.2) is 0 Å². The fraction of sp³-hybridized carbons (Fsp3) is 0.143. The molecule has 0 aliphatic rings. The molecule has 0 amide bonds. The van der Waals surface area contributed by atoms with Crippen LogP contribution in [0.25, 0.3) is 0 Å². The average molecular weight is 270 g/mol. The Kier molecular flexibility index (Phi) is 3.33. The van der Waals surface area contributed by atoms with Gasteiger partial charge in [0.2, 0.25) is 0 Å². The number of hydrogen-bond donors (Lipinski definition) is 0. The normalized spacial score (nSPS) is 10.5. The summed E-state index contributed by atoms with van der Waals surface area (Å²) in [5.74, 6) is 0. The first-order valence-electron chi connectivity index (χ1n) is 3.16. The molecule has 13 heavy (non-hydrogen) atoms. The second kappa shape index (κ2) is 4.11. The van der Waals surface area contributed by atoms with Crippen molar-refractivity contribution in [2.45, 2.75) is 6.43 Å². The summed E-state index contributed by atoms with van der Waals surface area (Å²) in [4.78, 5) is 14.3. The fourth-order valence-corrected chi connectivity index (χ4v) is 1.50. The molecule has 6 heteroatoms. The predicted molar refractivity (Wildman–Crippen MR) is 47.1 cm³/mol. The summed E-state index contributed by atoms with van der Waals surface area (Å²) in [5.41, 5.74) is -0.693. The third-order valence-electron chi connectivity index (χ3n) is 1.37. The summed E-state index contributed by atoms with van der Waals surface area (Å²) in [6.07, 6.45) is -1.55. The molecule has 0 spiro atoms. The van der Waals surface area contributed by atoms with Gasteiger partial charge in [-0.15, -0.1) is 0 Å². The molecule has 2 nitrogen and oxygen atoms in total. The van der Waals surface area contributed by atoms with Crippen LogP contribution >= 0.6 is 27.5 Å². The van der Waals surface area contributed by atoms with Gasteiger partial charge in [0, 0.05) is 11.8 Å². The molecular weight excluding hydrogens is 267 g/mol. The van der Waals surface area contributed by atoms with Gasteiger partial charge >= 0.3 is 0 Å². The van der Waals surface area contributed by atoms with Gasteiger partial charge in [-0.05, 0) is 33.6 Å². The number of pyridine rings is 1. The largest absolute Gasteiger partial charge is 0.276 e. The number of rotatable bonds is 2. The number of carbonyl (C=O) groups excluding carboxylic acids is 1. The Bertz CT molecular complexity index is 345. The molecule has 0 fully saturated rings. The minimum Gasteiger partial charge on any atom is -0.276 e. The lowest BCUT2D eigenvalue weighted by atomic mass is 10.1. The second-order valence-electron chi connectivity index (χ2n) is 2.14. The van der Waals surface area contributed by atoms with Crippen LogP contribution < -0.4 is 0 Å². The second-order valence-corrected chi connectivity index (χ2v) is 3.23. The lowest BCUT2D eigenvalue weighted by molar-refractivity contribution is 0.106. The van der Waals surface area contributed by atoms with E-state index in [2.05, 4.69) is 20.9 Å². The summed E-state index contributed by atoms with van der Waals surface area (Å²) >= 11 is 7.92. The smallest absolute Gasteiger partial charge is 0.267 e. The van der Waals surface area contributed by atoms with Gasteiger partial charge < -0.3 is 0 Å². The zero-order chi connectivity index (χ0) is 10.0. The Hall–Kier alpha value is -0.550. The molecule has 0 radical (unpaired) electrons. The van der Waals surface area contributed by atoms with Crippen molar-refractivity contribution in [3.05, 3.63) is 28.0 Å². The maximum absolute atomic E-state index is 12.4. The highest BCUT2D eigenvalue weighted by molar-refractivity contribution is 9.10. The first kappa shape index (κ1) is 10.5. The van der Waals surface area contributed by atoms with Crippen molar-refractivity contribution >= 4 is 32.8 Å². The summed E-state index contributed by atoms with van der Waals surface area (Å²) in [6.45, 7) is 0. The van der Waals surface area contributed by atoms with E-state index in [9.17, 15) is 13.6 Å². The van der Waals surface area contributed by atoms with Gasteiger partial charge in [0.1, 0.15) is 4.60 Å². The van der Waals surface area contributed by atoms with Crippen LogP contribution in [0.5, 0.6) is 0 Å². The molecule has 0 unspecified atom stereocenters. The van der Waals surface area contributed by atoms with E-state index in [0.29, 0.717) is 0 Å². The average Bonchev–Trinajstić information content (AvgIpc) is 2.02. The summed E-state index contributed by atoms with van der Waals surface area (Å²) in [5, 5.41) is -0.918. The molecule has 70 valence electrons. The summed E-state index contributed by atoms with van der Waals surface area (Å²) in [7, 11) is 0. The Morgan fingerprint density at radius 1 is 1.62 bits per heavy atom. The highest BCUT2D eigenvalue weighted by Gasteiger charge is 2.20. The van der Waals surface area contributed by atoms with Gasteiger partial charge in [-0.2, -0.15) is 0 Å². The Morgan fingerprint density at radius 3 is 2.62 bits per heavy atom. The van der Waals surface area contributed by atoms with Gasteiger partial charge in [0.05, 0.1) is 5.56 Å². The SMILES string of the molecule is O=C(Cl)c1ccnc(Br)c1C(F)F. The third-order valence-corrected chi connectivity index (χ3v) is 2.21. The van der Waals surface area contributed by atoms with E-state index in [1.807, 2.05) is 0 Å². The van der Waals surface area contributed by atoms with Crippen molar-refractivity contribution in [1.82, 2.24) is 4.98 Å². The molecule has 1 rings (SSSR count). The molecule has 1 aromatic heterocycles. The minimum absolute atomic E-state index is 0.0611. The molecule has 0 aliphatic carbocycles. The van der Waals surface area contributed by atoms with Crippen LogP contribution in [0, 0.1) is 0 Å². The molecule has 0 bridgehead atoms. The monoisotopic (exact) mass is 269 g/mol. The van der Waals surface area contributed by atoms with Crippen LogP contribution in [0.1, 0.15) is 22.3 Å². The Morgan fingerprint density at radius 2 is 2.23 bits per heavy atom. The maximum atomic E-state index is 12.4. The fourth-order valence-electron chi connectivity index (χ4n) is 0.827. The van der Waals surface area contributed by atoms with E-state index in [0.717, 1.165) is 6.07 Å². The lowest BCUT2D eigenvalue weighted by Crippen LogP contribution is -2.00. The zero-order valence-corrected chi connectivity index (χ0v) is 8.44. The quantitative estimate of drug-likeness (QED) is 0.610. The van der Waals surface area contributed by atoms with Gasteiger partial charge in [0.25, 0.3) is 11.7 Å². The van der Waals surface area contributed by atoms with Crippen LogP contribution in [-0.2, 0) is 0 Å². The number of halogens is 4. The lowest BCUT2D eigenvalue weighted by Gasteiger charge is -2.05. The van der Waals surface area contributed by atoms with Crippen molar-refractivity contribution in [3.63, 3.8) is 0 Å². The first-order valence-corrected chi connectivity index (χ1v) is 4.33. The first-order chi connectivity index (χ1) is 6.04. The topological polar surface area (TPSA) is 30.0 Å². The van der Waals surface area contributed by atoms with Crippen LogP contribution in [0.15, 0.2) is 16.9 Å². The van der Waals surface area contributed by atoms with E-state index < -0.39 is 17.2 Å². The van der Waals surface area contributed by atoms with Gasteiger partial charge in [-0.1, -0.05) is 0 Å². The molecule has 0 saturated heterocycles. The number of hydrogen-bond acceptors (Lipinski definition) is 2. The van der Waals surface area contributed by atoms with E-state index >= 15 is 0 Å². The number of alkyl halides is 2. The molecule has 0 aliphatic heterocycles. The third kappa shape index (κ3) is 2.22. The number of aromatic nitrogens is 1. The highest BCUT2D eigenvalue weighted by Crippen LogP contribution is 2.29. The van der Waals surface area contributed by atoms with E-state index in [1.165, 1.54) is 6.20 Å². The molecule has 0 aromatic carbocycles. The van der Waals surface area contributed by atoms with E-state index in [4.69, 9.17) is 11.6 Å². The predicted octanol–water partition coefficient (Wildman–Crippen LogP) is 3.16. The Balaban J connectivity index is 3.34. The molecule has 1 heterocycles. The van der Waals surface area contributed by atoms with Crippen molar-refractivity contribution in [1.29, 1.82) is 0 Å². The maximum Gasteiger partial charge on any atom is 0.267 e. The van der Waals surface area contributed by atoms with Crippen molar-refractivity contribution in [2.75, 3.05) is 0 Å². The van der Waals surface area contributed by atoms with E-state index in [-0.39, 0.29) is 10.2 Å². The standard InChI is InChI=1S/C7H3BrClF2NO/c8-5-4(7(10)11)3(6(9)13)1-2-12-5/h1-2,7H. The summed E-state index contributed by atoms with van der Waals surface area (Å²) in [6, 6.07) is 1.15. The number of nitrogens with zero attached hydrogens (tertiary/aromatic N) is 1. The van der Waals surface area contributed by atoms with Crippen molar-refractivity contribution < 1.29 is 13.6 Å². The van der Waals surface area contributed by atoms with Crippen LogP contribution in [-0.4, -0.2) is 10.2 Å². The minimum atomic E-state index is -2.78. The van der Waals surface area contributed by atoms with Crippen molar-refractivity contribution in [3.8, 4) is 0 Å². The molecule has 0 N–H and O–H groups in total. The van der Waals surface area contributed by atoms with Gasteiger partial charge in [-0.3, -0.25) is 4.79 Å². The summed E-state index contributed by atoms with van der Waals surface area (Å²) < 4.78 is 24.7. The molecule has 0 atom stereocenters. The molecule has 0 saturated carbocycles.